The van der Waals surface area contributed by atoms with Crippen LogP contribution in [-0.4, -0.2) is 23.7 Å². The van der Waals surface area contributed by atoms with Gasteiger partial charge < -0.3 is 9.47 Å². The van der Waals surface area contributed by atoms with E-state index in [0.29, 0.717) is 29.2 Å². The van der Waals surface area contributed by atoms with Crippen molar-refractivity contribution < 1.29 is 19.2 Å². The zero-order valence-corrected chi connectivity index (χ0v) is 18.7. The van der Waals surface area contributed by atoms with Crippen molar-refractivity contribution in [3.63, 3.8) is 0 Å². The van der Waals surface area contributed by atoms with E-state index in [2.05, 4.69) is 26.5 Å². The number of nitro benzene ring substituents is 1. The van der Waals surface area contributed by atoms with E-state index in [9.17, 15) is 14.9 Å². The van der Waals surface area contributed by atoms with Gasteiger partial charge in [-0.05, 0) is 72.6 Å². The fraction of sp³-hybridized carbons (Fsp3) is 0.130. The van der Waals surface area contributed by atoms with Crippen LogP contribution in [0.25, 0.3) is 0 Å². The van der Waals surface area contributed by atoms with Gasteiger partial charge in [0.25, 0.3) is 11.6 Å². The van der Waals surface area contributed by atoms with Gasteiger partial charge in [0.1, 0.15) is 6.61 Å². The molecule has 0 spiro atoms. The molecule has 8 nitrogen and oxygen atoms in total. The summed E-state index contributed by atoms with van der Waals surface area (Å²) in [5.41, 5.74) is 4.52. The van der Waals surface area contributed by atoms with Crippen LogP contribution in [0.2, 0.25) is 0 Å². The highest BCUT2D eigenvalue weighted by Gasteiger charge is 2.09. The summed E-state index contributed by atoms with van der Waals surface area (Å²) in [6.45, 7) is 2.53. The fourth-order valence-electron chi connectivity index (χ4n) is 2.70. The lowest BCUT2D eigenvalue weighted by Crippen LogP contribution is -2.17. The number of hydrazone groups is 1. The van der Waals surface area contributed by atoms with Crippen molar-refractivity contribution in [1.82, 2.24) is 5.43 Å². The summed E-state index contributed by atoms with van der Waals surface area (Å²) in [5, 5.41) is 14.8. The number of carbonyl (C=O) groups is 1. The predicted octanol–water partition coefficient (Wildman–Crippen LogP) is 5.10. The summed E-state index contributed by atoms with van der Waals surface area (Å²) in [6.07, 6.45) is 1.51. The lowest BCUT2D eigenvalue weighted by Gasteiger charge is -2.12. The second-order valence-corrected chi connectivity index (χ2v) is 7.47. The molecule has 0 bridgehead atoms. The van der Waals surface area contributed by atoms with Gasteiger partial charge in [-0.3, -0.25) is 14.9 Å². The van der Waals surface area contributed by atoms with Crippen molar-refractivity contribution in [2.45, 2.75) is 13.5 Å². The Kier molecular flexibility index (Phi) is 7.93. The molecule has 1 amide bonds. The molecule has 3 aromatic carbocycles. The quantitative estimate of drug-likeness (QED) is 0.251. The molecule has 3 rings (SSSR count). The third kappa shape index (κ3) is 6.39. The molecule has 0 radical (unpaired) electrons. The minimum absolute atomic E-state index is 0.0274. The average Bonchev–Trinajstić information content (AvgIpc) is 2.79. The Hall–Kier alpha value is -3.72. The Morgan fingerprint density at radius 1 is 1.06 bits per heavy atom. The zero-order valence-electron chi connectivity index (χ0n) is 17.2. The molecular formula is C23H20BrN3O5. The standard InChI is InChI=1S/C23H20BrN3O5/c1-2-31-22-13-17(14-25-26-23(28)18-6-8-19(24)9-7-18)5-12-21(22)32-15-16-3-10-20(11-4-16)27(29)30/h3-14H,2,15H2,1H3,(H,26,28)/b25-14-. The summed E-state index contributed by atoms with van der Waals surface area (Å²) >= 11 is 3.33. The smallest absolute Gasteiger partial charge is 0.271 e. The van der Waals surface area contributed by atoms with Crippen LogP contribution in [-0.2, 0) is 6.61 Å². The van der Waals surface area contributed by atoms with Gasteiger partial charge >= 0.3 is 0 Å². The van der Waals surface area contributed by atoms with E-state index >= 15 is 0 Å². The summed E-state index contributed by atoms with van der Waals surface area (Å²) < 4.78 is 12.4. The summed E-state index contributed by atoms with van der Waals surface area (Å²) in [5.74, 6) is 0.737. The number of nitro groups is 1. The van der Waals surface area contributed by atoms with Crippen LogP contribution in [0, 0.1) is 10.1 Å². The molecular weight excluding hydrogens is 478 g/mol. The van der Waals surface area contributed by atoms with Crippen LogP contribution in [0.5, 0.6) is 11.5 Å². The molecule has 0 aromatic heterocycles. The molecule has 0 heterocycles. The normalized spacial score (nSPS) is 10.7. The molecule has 0 atom stereocenters. The molecule has 9 heteroatoms. The highest BCUT2D eigenvalue weighted by atomic mass is 79.9. The topological polar surface area (TPSA) is 103 Å². The van der Waals surface area contributed by atoms with E-state index in [4.69, 9.17) is 9.47 Å². The predicted molar refractivity (Wildman–Crippen MR) is 124 cm³/mol. The molecule has 0 aliphatic heterocycles. The minimum Gasteiger partial charge on any atom is -0.490 e. The van der Waals surface area contributed by atoms with Crippen molar-refractivity contribution >= 4 is 33.7 Å². The summed E-state index contributed by atoms with van der Waals surface area (Å²) in [4.78, 5) is 22.4. The highest BCUT2D eigenvalue weighted by molar-refractivity contribution is 9.10. The number of nitrogens with one attached hydrogen (secondary N) is 1. The summed E-state index contributed by atoms with van der Waals surface area (Å²) in [7, 11) is 0. The maximum absolute atomic E-state index is 12.1. The number of hydrogen-bond donors (Lipinski definition) is 1. The minimum atomic E-state index is -0.445. The van der Waals surface area contributed by atoms with Crippen molar-refractivity contribution in [2.24, 2.45) is 5.10 Å². The van der Waals surface area contributed by atoms with Gasteiger partial charge in [-0.25, -0.2) is 5.43 Å². The first-order chi connectivity index (χ1) is 15.5. The van der Waals surface area contributed by atoms with Gasteiger partial charge in [0.15, 0.2) is 11.5 Å². The lowest BCUT2D eigenvalue weighted by molar-refractivity contribution is -0.384. The zero-order chi connectivity index (χ0) is 22.9. The molecule has 0 saturated heterocycles. The molecule has 0 aliphatic carbocycles. The first-order valence-corrected chi connectivity index (χ1v) is 10.5. The van der Waals surface area contributed by atoms with Crippen LogP contribution in [0.4, 0.5) is 5.69 Å². The number of hydrogen-bond acceptors (Lipinski definition) is 6. The Morgan fingerprint density at radius 2 is 1.78 bits per heavy atom. The van der Waals surface area contributed by atoms with E-state index < -0.39 is 4.92 Å². The van der Waals surface area contributed by atoms with E-state index in [0.717, 1.165) is 10.0 Å². The van der Waals surface area contributed by atoms with Crippen molar-refractivity contribution in [3.8, 4) is 11.5 Å². The number of ether oxygens (including phenoxy) is 2. The monoisotopic (exact) mass is 497 g/mol. The number of amides is 1. The van der Waals surface area contributed by atoms with Crippen LogP contribution in [0.15, 0.2) is 76.3 Å². The Labute approximate surface area is 193 Å². The Bertz CT molecular complexity index is 1120. The van der Waals surface area contributed by atoms with E-state index in [1.807, 2.05) is 6.92 Å². The van der Waals surface area contributed by atoms with Gasteiger partial charge in [0, 0.05) is 22.2 Å². The second kappa shape index (κ2) is 11.1. The van der Waals surface area contributed by atoms with E-state index in [1.165, 1.54) is 18.3 Å². The number of halogens is 1. The third-order valence-corrected chi connectivity index (χ3v) is 4.82. The second-order valence-electron chi connectivity index (χ2n) is 6.56. The van der Waals surface area contributed by atoms with Gasteiger partial charge in [-0.1, -0.05) is 15.9 Å². The number of benzene rings is 3. The summed E-state index contributed by atoms with van der Waals surface area (Å²) in [6, 6.07) is 18.4. The molecule has 3 aromatic rings. The maximum Gasteiger partial charge on any atom is 0.271 e. The Morgan fingerprint density at radius 3 is 2.44 bits per heavy atom. The van der Waals surface area contributed by atoms with Gasteiger partial charge in [0.2, 0.25) is 0 Å². The van der Waals surface area contributed by atoms with Crippen molar-refractivity contribution in [2.75, 3.05) is 6.61 Å². The first-order valence-electron chi connectivity index (χ1n) is 9.68. The molecule has 0 saturated carbocycles. The fourth-order valence-corrected chi connectivity index (χ4v) is 2.96. The Balaban J connectivity index is 1.64. The molecule has 1 N–H and O–H groups in total. The van der Waals surface area contributed by atoms with Crippen LogP contribution >= 0.6 is 15.9 Å². The molecule has 0 aliphatic rings. The number of carbonyl (C=O) groups excluding carboxylic acids is 1. The maximum atomic E-state index is 12.1. The lowest BCUT2D eigenvalue weighted by atomic mass is 10.2. The van der Waals surface area contributed by atoms with E-state index in [-0.39, 0.29) is 18.2 Å². The molecule has 164 valence electrons. The highest BCUT2D eigenvalue weighted by Crippen LogP contribution is 2.29. The SMILES string of the molecule is CCOc1cc(/C=N\NC(=O)c2ccc(Br)cc2)ccc1OCc1ccc([N+](=O)[O-])cc1. The number of nitrogens with zero attached hydrogens (tertiary/aromatic N) is 2. The van der Waals surface area contributed by atoms with Crippen LogP contribution in [0.3, 0.4) is 0 Å². The van der Waals surface area contributed by atoms with Gasteiger partial charge in [0.05, 0.1) is 17.7 Å². The van der Waals surface area contributed by atoms with E-state index in [1.54, 1.807) is 54.6 Å². The molecule has 32 heavy (non-hydrogen) atoms. The first kappa shape index (κ1) is 23.0. The molecule has 0 fully saturated rings. The number of non-ortho nitro benzene ring substituents is 1. The largest absolute Gasteiger partial charge is 0.490 e. The van der Waals surface area contributed by atoms with Crippen LogP contribution < -0.4 is 14.9 Å². The average molecular weight is 498 g/mol. The number of rotatable bonds is 9. The molecule has 0 unspecified atom stereocenters. The van der Waals surface area contributed by atoms with Crippen molar-refractivity contribution in [1.29, 1.82) is 0 Å². The van der Waals surface area contributed by atoms with Gasteiger partial charge in [-0.15, -0.1) is 0 Å². The van der Waals surface area contributed by atoms with Crippen LogP contribution in [0.1, 0.15) is 28.4 Å². The van der Waals surface area contributed by atoms with Crippen molar-refractivity contribution in [3.05, 3.63) is 98.0 Å². The third-order valence-electron chi connectivity index (χ3n) is 4.30. The van der Waals surface area contributed by atoms with Gasteiger partial charge in [-0.2, -0.15) is 5.10 Å².